The van der Waals surface area contributed by atoms with E-state index in [-0.39, 0.29) is 6.42 Å². The fourth-order valence-electron chi connectivity index (χ4n) is 1.24. The molecule has 0 amide bonds. The maximum absolute atomic E-state index is 10.6. The van der Waals surface area contributed by atoms with Crippen molar-refractivity contribution in [1.29, 1.82) is 0 Å². The lowest BCUT2D eigenvalue weighted by molar-refractivity contribution is -0.139. The van der Waals surface area contributed by atoms with Crippen LogP contribution in [0.1, 0.15) is 26.7 Å². The lowest BCUT2D eigenvalue weighted by atomic mass is 9.99. The molecule has 0 rings (SSSR count). The second-order valence-electron chi connectivity index (χ2n) is 3.49. The molecule has 0 aliphatic heterocycles. The fourth-order valence-corrected chi connectivity index (χ4v) is 1.24. The second-order valence-corrected chi connectivity index (χ2v) is 3.49. The summed E-state index contributed by atoms with van der Waals surface area (Å²) in [6.07, 6.45) is 1.07. The Hall–Kier alpha value is -0.610. The van der Waals surface area contributed by atoms with Gasteiger partial charge in [0.05, 0.1) is 13.0 Å². The van der Waals surface area contributed by atoms with Crippen LogP contribution in [0.3, 0.4) is 0 Å². The zero-order valence-corrected chi connectivity index (χ0v) is 8.59. The van der Waals surface area contributed by atoms with Gasteiger partial charge in [-0.1, -0.05) is 6.92 Å². The topological polar surface area (TPSA) is 58.6 Å². The van der Waals surface area contributed by atoms with Crippen molar-refractivity contribution in [2.45, 2.75) is 32.2 Å². The number of hydrogen-bond donors (Lipinski definition) is 2. The average molecular weight is 189 g/mol. The van der Waals surface area contributed by atoms with Crippen LogP contribution in [-0.2, 0) is 9.53 Å². The molecule has 0 fully saturated rings. The van der Waals surface area contributed by atoms with Gasteiger partial charge in [-0.3, -0.25) is 4.79 Å². The summed E-state index contributed by atoms with van der Waals surface area (Å²) < 4.78 is 4.98. The molecule has 1 unspecified atom stereocenters. The van der Waals surface area contributed by atoms with Gasteiger partial charge in [0.25, 0.3) is 0 Å². The molecular weight excluding hydrogens is 170 g/mol. The third-order valence-electron chi connectivity index (χ3n) is 1.81. The van der Waals surface area contributed by atoms with Gasteiger partial charge in [-0.25, -0.2) is 0 Å². The first-order chi connectivity index (χ1) is 6.04. The highest BCUT2D eigenvalue weighted by molar-refractivity contribution is 5.68. The molecule has 0 aliphatic carbocycles. The van der Waals surface area contributed by atoms with E-state index in [1.165, 1.54) is 0 Å². The number of rotatable bonds is 7. The molecule has 0 heterocycles. The number of hydrogen-bond acceptors (Lipinski definition) is 3. The van der Waals surface area contributed by atoms with E-state index in [9.17, 15) is 4.79 Å². The van der Waals surface area contributed by atoms with Crippen molar-refractivity contribution >= 4 is 5.97 Å². The Balaban J connectivity index is 4.06. The number of carbonyl (C=O) groups is 1. The summed E-state index contributed by atoms with van der Waals surface area (Å²) in [5.41, 5.74) is -0.448. The molecule has 78 valence electrons. The smallest absolute Gasteiger partial charge is 0.305 e. The third-order valence-corrected chi connectivity index (χ3v) is 1.81. The van der Waals surface area contributed by atoms with Crippen molar-refractivity contribution in [2.75, 3.05) is 20.3 Å². The monoisotopic (exact) mass is 189 g/mol. The minimum Gasteiger partial charge on any atom is -0.481 e. The number of carboxylic acids is 1. The number of aliphatic carboxylic acids is 1. The molecule has 2 N–H and O–H groups in total. The molecule has 4 heteroatoms. The Labute approximate surface area is 79.3 Å². The van der Waals surface area contributed by atoms with Crippen molar-refractivity contribution < 1.29 is 14.6 Å². The fraction of sp³-hybridized carbons (Fsp3) is 0.889. The van der Waals surface area contributed by atoms with Crippen LogP contribution in [0.2, 0.25) is 0 Å². The van der Waals surface area contributed by atoms with Gasteiger partial charge in [-0.15, -0.1) is 0 Å². The van der Waals surface area contributed by atoms with E-state index in [1.807, 2.05) is 13.8 Å². The van der Waals surface area contributed by atoms with Crippen LogP contribution >= 0.6 is 0 Å². The van der Waals surface area contributed by atoms with Crippen LogP contribution < -0.4 is 5.32 Å². The quantitative estimate of drug-likeness (QED) is 0.624. The summed E-state index contributed by atoms with van der Waals surface area (Å²) in [7, 11) is 1.58. The first-order valence-electron chi connectivity index (χ1n) is 4.50. The Kier molecular flexibility index (Phi) is 5.66. The maximum atomic E-state index is 10.6. The van der Waals surface area contributed by atoms with Crippen LogP contribution in [0, 0.1) is 0 Å². The zero-order chi connectivity index (χ0) is 10.3. The van der Waals surface area contributed by atoms with Crippen molar-refractivity contribution in [2.24, 2.45) is 0 Å². The average Bonchev–Trinajstić information content (AvgIpc) is 2.00. The molecule has 0 spiro atoms. The minimum atomic E-state index is -0.803. The van der Waals surface area contributed by atoms with E-state index in [4.69, 9.17) is 9.84 Å². The first kappa shape index (κ1) is 12.4. The van der Waals surface area contributed by atoms with Gasteiger partial charge in [0.15, 0.2) is 0 Å². The Morgan fingerprint density at radius 3 is 2.62 bits per heavy atom. The van der Waals surface area contributed by atoms with Gasteiger partial charge in [-0.05, 0) is 19.9 Å². The molecule has 0 saturated heterocycles. The summed E-state index contributed by atoms with van der Waals surface area (Å²) in [4.78, 5) is 10.6. The van der Waals surface area contributed by atoms with E-state index in [0.717, 1.165) is 13.0 Å². The summed E-state index contributed by atoms with van der Waals surface area (Å²) in [5.74, 6) is -0.803. The molecule has 0 bridgehead atoms. The zero-order valence-electron chi connectivity index (χ0n) is 8.59. The van der Waals surface area contributed by atoms with E-state index in [2.05, 4.69) is 5.32 Å². The van der Waals surface area contributed by atoms with Crippen LogP contribution in [-0.4, -0.2) is 36.9 Å². The van der Waals surface area contributed by atoms with Crippen LogP contribution in [0.4, 0.5) is 0 Å². The number of methoxy groups -OCH3 is 1. The van der Waals surface area contributed by atoms with Gasteiger partial charge in [-0.2, -0.15) is 0 Å². The molecule has 4 nitrogen and oxygen atoms in total. The third kappa shape index (κ3) is 5.60. The van der Waals surface area contributed by atoms with Crippen molar-refractivity contribution in [1.82, 2.24) is 5.32 Å². The summed E-state index contributed by atoms with van der Waals surface area (Å²) in [5, 5.41) is 11.9. The lowest BCUT2D eigenvalue weighted by Gasteiger charge is -2.28. The van der Waals surface area contributed by atoms with Crippen LogP contribution in [0.15, 0.2) is 0 Å². The lowest BCUT2D eigenvalue weighted by Crippen LogP contribution is -2.48. The van der Waals surface area contributed by atoms with Gasteiger partial charge >= 0.3 is 5.97 Å². The van der Waals surface area contributed by atoms with Crippen molar-refractivity contribution in [3.63, 3.8) is 0 Å². The number of carboxylic acid groups (broad SMARTS) is 1. The molecule has 0 aromatic rings. The van der Waals surface area contributed by atoms with Gasteiger partial charge < -0.3 is 15.2 Å². The normalized spacial score (nSPS) is 15.3. The Bertz CT molecular complexity index is 161. The predicted octanol–water partition coefficient (Wildman–Crippen LogP) is 0.866. The minimum absolute atomic E-state index is 0.0842. The highest BCUT2D eigenvalue weighted by Crippen LogP contribution is 2.09. The number of ether oxygens (including phenoxy) is 1. The van der Waals surface area contributed by atoms with E-state index < -0.39 is 11.5 Å². The standard InChI is InChI=1S/C9H19NO3/c1-4-5-10-9(2,7-13-3)6-8(11)12/h10H,4-7H2,1-3H3,(H,11,12). The SMILES string of the molecule is CCCNC(C)(COC)CC(=O)O. The summed E-state index contributed by atoms with van der Waals surface area (Å²) >= 11 is 0. The molecule has 0 radical (unpaired) electrons. The summed E-state index contributed by atoms with van der Waals surface area (Å²) in [6, 6.07) is 0. The van der Waals surface area contributed by atoms with E-state index in [1.54, 1.807) is 7.11 Å². The highest BCUT2D eigenvalue weighted by Gasteiger charge is 2.26. The van der Waals surface area contributed by atoms with E-state index in [0.29, 0.717) is 6.61 Å². The molecule has 0 aliphatic rings. The van der Waals surface area contributed by atoms with Gasteiger partial charge in [0, 0.05) is 12.6 Å². The molecule has 0 aromatic carbocycles. The summed E-state index contributed by atoms with van der Waals surface area (Å²) in [6.45, 7) is 5.13. The van der Waals surface area contributed by atoms with Gasteiger partial charge in [0.1, 0.15) is 0 Å². The molecule has 0 saturated carbocycles. The van der Waals surface area contributed by atoms with Gasteiger partial charge in [0.2, 0.25) is 0 Å². The number of nitrogens with one attached hydrogen (secondary N) is 1. The second kappa shape index (κ2) is 5.94. The highest BCUT2D eigenvalue weighted by atomic mass is 16.5. The largest absolute Gasteiger partial charge is 0.481 e. The molecular formula is C9H19NO3. The molecule has 13 heavy (non-hydrogen) atoms. The molecule has 0 aromatic heterocycles. The Morgan fingerprint density at radius 2 is 2.23 bits per heavy atom. The van der Waals surface area contributed by atoms with Crippen LogP contribution in [0.5, 0.6) is 0 Å². The Morgan fingerprint density at radius 1 is 1.62 bits per heavy atom. The molecule has 1 atom stereocenters. The van der Waals surface area contributed by atoms with Crippen molar-refractivity contribution in [3.8, 4) is 0 Å². The maximum Gasteiger partial charge on any atom is 0.305 e. The predicted molar refractivity (Wildman–Crippen MR) is 50.8 cm³/mol. The first-order valence-corrected chi connectivity index (χ1v) is 4.50. The van der Waals surface area contributed by atoms with Crippen LogP contribution in [0.25, 0.3) is 0 Å². The van der Waals surface area contributed by atoms with E-state index >= 15 is 0 Å². The van der Waals surface area contributed by atoms with Crippen molar-refractivity contribution in [3.05, 3.63) is 0 Å².